The first kappa shape index (κ1) is 27.6. The summed E-state index contributed by atoms with van der Waals surface area (Å²) in [5.41, 5.74) is 1.11. The van der Waals surface area contributed by atoms with Gasteiger partial charge in [0.1, 0.15) is 30.7 Å². The molecule has 0 spiro atoms. The lowest BCUT2D eigenvalue weighted by Crippen LogP contribution is -2.30. The molecule has 0 saturated heterocycles. The van der Waals surface area contributed by atoms with Crippen molar-refractivity contribution in [3.8, 4) is 11.5 Å². The topological polar surface area (TPSA) is 90.2 Å². The Balaban J connectivity index is 1.64. The molecule has 3 aromatic carbocycles. The first-order valence-electron chi connectivity index (χ1n) is 11.9. The molecule has 3 aromatic rings. The molecule has 0 aliphatic heterocycles. The first-order valence-corrected chi connectivity index (χ1v) is 11.9. The van der Waals surface area contributed by atoms with Gasteiger partial charge >= 0.3 is 0 Å². The second kappa shape index (κ2) is 12.3. The third kappa shape index (κ3) is 7.49. The summed E-state index contributed by atoms with van der Waals surface area (Å²) < 4.78 is 55.0. The van der Waals surface area contributed by atoms with Crippen molar-refractivity contribution in [2.24, 2.45) is 0 Å². The highest BCUT2D eigenvalue weighted by molar-refractivity contribution is 5.97. The van der Waals surface area contributed by atoms with Gasteiger partial charge in [0, 0.05) is 34.3 Å². The predicted molar refractivity (Wildman–Crippen MR) is 138 cm³/mol. The van der Waals surface area contributed by atoms with E-state index in [4.69, 9.17) is 20.3 Å². The Morgan fingerprint density at radius 3 is 1.46 bits per heavy atom. The van der Waals surface area contributed by atoms with Crippen LogP contribution in [0.3, 0.4) is 0 Å². The van der Waals surface area contributed by atoms with Gasteiger partial charge in [-0.1, -0.05) is 18.2 Å². The summed E-state index contributed by atoms with van der Waals surface area (Å²) >= 11 is 0. The van der Waals surface area contributed by atoms with E-state index < -0.39 is 17.5 Å². The fraction of sp³-hybridized carbons (Fsp3) is 0.286. The highest BCUT2D eigenvalue weighted by atomic mass is 19.1. The lowest BCUT2D eigenvalue weighted by molar-refractivity contribution is 0.274. The van der Waals surface area contributed by atoms with E-state index in [0.717, 1.165) is 0 Å². The van der Waals surface area contributed by atoms with Gasteiger partial charge in [-0.05, 0) is 64.1 Å². The maximum Gasteiger partial charge on any atom is 0.165 e. The van der Waals surface area contributed by atoms with E-state index in [-0.39, 0.29) is 59.6 Å². The lowest BCUT2D eigenvalue weighted by atomic mass is 10.1. The molecule has 0 aliphatic rings. The maximum atomic E-state index is 15.0. The van der Waals surface area contributed by atoms with Gasteiger partial charge in [0.05, 0.1) is 0 Å². The van der Waals surface area contributed by atoms with Crippen LogP contribution >= 0.6 is 0 Å². The number of hydrogen-bond donors (Lipinski definition) is 4. The van der Waals surface area contributed by atoms with Gasteiger partial charge in [0.15, 0.2) is 23.1 Å². The minimum Gasteiger partial charge on any atom is -0.486 e. The van der Waals surface area contributed by atoms with Crippen LogP contribution in [-0.2, 0) is 13.2 Å². The second-order valence-electron chi connectivity index (χ2n) is 9.11. The zero-order valence-corrected chi connectivity index (χ0v) is 21.2. The van der Waals surface area contributed by atoms with E-state index in [0.29, 0.717) is 11.1 Å². The molecule has 196 valence electrons. The highest BCUT2D eigenvalue weighted by Gasteiger charge is 2.14. The Kier molecular flexibility index (Phi) is 9.16. The molecular weight excluding hydrogens is 481 g/mol. The molecule has 0 atom stereocenters. The Morgan fingerprint density at radius 1 is 0.703 bits per heavy atom. The summed E-state index contributed by atoms with van der Waals surface area (Å²) in [6.07, 6.45) is 0. The summed E-state index contributed by atoms with van der Waals surface area (Å²) in [7, 11) is 0. The predicted octanol–water partition coefficient (Wildman–Crippen LogP) is 5.91. The Bertz CT molecular complexity index is 1180. The summed E-state index contributed by atoms with van der Waals surface area (Å²) in [5, 5.41) is 21.7. The van der Waals surface area contributed by atoms with Crippen molar-refractivity contribution >= 4 is 11.7 Å². The van der Waals surface area contributed by atoms with Crippen molar-refractivity contribution in [2.45, 2.75) is 53.0 Å². The van der Waals surface area contributed by atoms with Crippen LogP contribution in [0.15, 0.2) is 54.6 Å². The molecule has 0 heterocycles. The van der Waals surface area contributed by atoms with Gasteiger partial charge in [0.2, 0.25) is 0 Å². The van der Waals surface area contributed by atoms with E-state index in [9.17, 15) is 8.78 Å². The number of halogens is 3. The molecule has 9 heteroatoms. The number of benzene rings is 3. The highest BCUT2D eigenvalue weighted by Crippen LogP contribution is 2.24. The second-order valence-corrected chi connectivity index (χ2v) is 9.11. The molecule has 0 aromatic heterocycles. The van der Waals surface area contributed by atoms with Gasteiger partial charge in [-0.25, -0.2) is 13.2 Å². The molecule has 4 N–H and O–H groups in total. The summed E-state index contributed by atoms with van der Waals surface area (Å²) in [6, 6.07) is 13.0. The van der Waals surface area contributed by atoms with Crippen LogP contribution in [0.4, 0.5) is 13.2 Å². The molecule has 0 bridgehead atoms. The molecule has 37 heavy (non-hydrogen) atoms. The molecule has 0 saturated carbocycles. The standard InChI is InChI=1S/C28H31F3N4O2/c1-16(2)34-27(32)18-8-10-24(22(29)12-18)36-14-20-6-5-7-21(26(20)31)15-37-25-11-9-19(13-23(25)30)28(33)35-17(3)4/h5-13,16-17H,14-15H2,1-4H3,(H2,32,34)(H2,33,35). The SMILES string of the molecule is CC(C)NC(=N)c1ccc(OCc2cccc(COc3ccc(C(=N)NC(C)C)cc3F)c2F)c(F)c1. The van der Waals surface area contributed by atoms with E-state index in [1.54, 1.807) is 18.2 Å². The van der Waals surface area contributed by atoms with E-state index >= 15 is 4.39 Å². The monoisotopic (exact) mass is 512 g/mol. The average Bonchev–Trinajstić information content (AvgIpc) is 2.83. The fourth-order valence-electron chi connectivity index (χ4n) is 3.46. The smallest absolute Gasteiger partial charge is 0.165 e. The molecule has 3 rings (SSSR count). The third-order valence-electron chi connectivity index (χ3n) is 5.23. The van der Waals surface area contributed by atoms with Crippen LogP contribution in [0.2, 0.25) is 0 Å². The summed E-state index contributed by atoms with van der Waals surface area (Å²) in [6.45, 7) is 7.05. The molecule has 0 fully saturated rings. The van der Waals surface area contributed by atoms with E-state index in [1.165, 1.54) is 36.4 Å². The summed E-state index contributed by atoms with van der Waals surface area (Å²) in [5.74, 6) is -1.87. The van der Waals surface area contributed by atoms with Crippen molar-refractivity contribution < 1.29 is 22.6 Å². The fourth-order valence-corrected chi connectivity index (χ4v) is 3.46. The number of nitrogens with one attached hydrogen (secondary N) is 4. The molecule has 0 aliphatic carbocycles. The zero-order valence-electron chi connectivity index (χ0n) is 21.2. The van der Waals surface area contributed by atoms with Crippen molar-refractivity contribution in [1.29, 1.82) is 10.8 Å². The van der Waals surface area contributed by atoms with E-state index in [1.807, 2.05) is 27.7 Å². The van der Waals surface area contributed by atoms with Crippen molar-refractivity contribution in [3.05, 3.63) is 94.3 Å². The molecular formula is C28H31F3N4O2. The Labute approximate surface area is 214 Å². The molecule has 0 unspecified atom stereocenters. The average molecular weight is 513 g/mol. The van der Waals surface area contributed by atoms with Gasteiger partial charge < -0.3 is 20.1 Å². The third-order valence-corrected chi connectivity index (χ3v) is 5.23. The Hall–Kier alpha value is -4.01. The van der Waals surface area contributed by atoms with Crippen LogP contribution in [0.5, 0.6) is 11.5 Å². The number of ether oxygens (including phenoxy) is 2. The van der Waals surface area contributed by atoms with Gasteiger partial charge in [-0.2, -0.15) is 0 Å². The van der Waals surface area contributed by atoms with Crippen LogP contribution in [0, 0.1) is 28.3 Å². The number of rotatable bonds is 10. The molecule has 0 amide bonds. The summed E-state index contributed by atoms with van der Waals surface area (Å²) in [4.78, 5) is 0. The van der Waals surface area contributed by atoms with Crippen LogP contribution in [0.25, 0.3) is 0 Å². The minimum absolute atomic E-state index is 0.0307. The quantitative estimate of drug-likeness (QED) is 0.201. The van der Waals surface area contributed by atoms with Crippen LogP contribution in [-0.4, -0.2) is 23.8 Å². The maximum absolute atomic E-state index is 15.0. The molecule has 0 radical (unpaired) electrons. The van der Waals surface area contributed by atoms with Crippen LogP contribution < -0.4 is 20.1 Å². The number of hydrogen-bond acceptors (Lipinski definition) is 4. The first-order chi connectivity index (χ1) is 17.5. The van der Waals surface area contributed by atoms with Crippen molar-refractivity contribution in [3.63, 3.8) is 0 Å². The van der Waals surface area contributed by atoms with Gasteiger partial charge in [-0.15, -0.1) is 0 Å². The normalized spacial score (nSPS) is 10.9. The minimum atomic E-state index is -0.664. The zero-order chi connectivity index (χ0) is 27.1. The van der Waals surface area contributed by atoms with E-state index in [2.05, 4.69) is 10.6 Å². The molecule has 6 nitrogen and oxygen atoms in total. The van der Waals surface area contributed by atoms with Gasteiger partial charge in [-0.3, -0.25) is 10.8 Å². The van der Waals surface area contributed by atoms with Gasteiger partial charge in [0.25, 0.3) is 0 Å². The van der Waals surface area contributed by atoms with Crippen LogP contribution in [0.1, 0.15) is 49.9 Å². The number of amidine groups is 2. The van der Waals surface area contributed by atoms with Crippen molar-refractivity contribution in [1.82, 2.24) is 10.6 Å². The lowest BCUT2D eigenvalue weighted by Gasteiger charge is -2.14. The van der Waals surface area contributed by atoms with Crippen molar-refractivity contribution in [2.75, 3.05) is 0 Å². The Morgan fingerprint density at radius 2 is 1.11 bits per heavy atom. The largest absolute Gasteiger partial charge is 0.486 e.